The first-order chi connectivity index (χ1) is 8.27. The molecule has 0 spiro atoms. The molecule has 2 aliphatic rings. The minimum absolute atomic E-state index is 0.321. The highest BCUT2D eigenvalue weighted by atomic mass is 16.2. The van der Waals surface area contributed by atoms with E-state index < -0.39 is 0 Å². The molecule has 17 heavy (non-hydrogen) atoms. The van der Waals surface area contributed by atoms with Gasteiger partial charge in [-0.1, -0.05) is 19.3 Å². The molecule has 0 aromatic rings. The topological polar surface area (TPSA) is 35.6 Å². The maximum Gasteiger partial charge on any atom is 0.236 e. The summed E-state index contributed by atoms with van der Waals surface area (Å²) in [6, 6.07) is 0.564. The molecule has 0 unspecified atom stereocenters. The van der Waals surface area contributed by atoms with E-state index in [2.05, 4.69) is 22.2 Å². The van der Waals surface area contributed by atoms with Crippen molar-refractivity contribution in [3.63, 3.8) is 0 Å². The third-order valence-electron chi connectivity index (χ3n) is 3.98. The Bertz CT molecular complexity index is 245. The second-order valence-corrected chi connectivity index (χ2v) is 5.38. The van der Waals surface area contributed by atoms with Gasteiger partial charge in [-0.05, 0) is 19.9 Å². The Morgan fingerprint density at radius 3 is 2.29 bits per heavy atom. The Morgan fingerprint density at radius 1 is 1.18 bits per heavy atom. The monoisotopic (exact) mass is 239 g/mol. The van der Waals surface area contributed by atoms with Crippen molar-refractivity contribution in [1.82, 2.24) is 15.1 Å². The van der Waals surface area contributed by atoms with Gasteiger partial charge in [-0.25, -0.2) is 0 Å². The van der Waals surface area contributed by atoms with E-state index in [1.807, 2.05) is 0 Å². The van der Waals surface area contributed by atoms with Crippen molar-refractivity contribution in [2.24, 2.45) is 0 Å². The molecule has 2 heterocycles. The van der Waals surface area contributed by atoms with Gasteiger partial charge >= 0.3 is 0 Å². The van der Waals surface area contributed by atoms with Crippen LogP contribution in [0, 0.1) is 0 Å². The van der Waals surface area contributed by atoms with Crippen molar-refractivity contribution in [1.29, 1.82) is 0 Å². The molecule has 2 rings (SSSR count). The third kappa shape index (κ3) is 3.68. The second kappa shape index (κ2) is 6.36. The minimum Gasteiger partial charge on any atom is -0.342 e. The number of nitrogens with zero attached hydrogens (tertiary/aromatic N) is 2. The fraction of sp³-hybridized carbons (Fsp3) is 0.923. The van der Waals surface area contributed by atoms with Crippen molar-refractivity contribution in [2.75, 3.05) is 39.8 Å². The smallest absolute Gasteiger partial charge is 0.236 e. The number of nitrogens with one attached hydrogen (secondary N) is 1. The van der Waals surface area contributed by atoms with E-state index >= 15 is 0 Å². The lowest BCUT2D eigenvalue weighted by Crippen LogP contribution is -2.57. The Balaban J connectivity index is 1.76. The van der Waals surface area contributed by atoms with Crippen LogP contribution in [0.15, 0.2) is 0 Å². The SMILES string of the molecule is CN(CC(=O)N1CCCCCCC1)C1CNC1. The number of hydrogen-bond acceptors (Lipinski definition) is 3. The van der Waals surface area contributed by atoms with Crippen molar-refractivity contribution >= 4 is 5.91 Å². The molecule has 1 amide bonds. The van der Waals surface area contributed by atoms with Gasteiger partial charge in [0.1, 0.15) is 0 Å². The molecule has 0 aliphatic carbocycles. The molecule has 1 N–H and O–H groups in total. The van der Waals surface area contributed by atoms with Gasteiger partial charge in [0.15, 0.2) is 0 Å². The molecule has 4 heteroatoms. The molecule has 4 nitrogen and oxygen atoms in total. The quantitative estimate of drug-likeness (QED) is 0.787. The molecule has 0 bridgehead atoms. The minimum atomic E-state index is 0.321. The summed E-state index contributed by atoms with van der Waals surface area (Å²) < 4.78 is 0. The zero-order valence-corrected chi connectivity index (χ0v) is 11.0. The number of amides is 1. The average Bonchev–Trinajstić information content (AvgIpc) is 2.12. The summed E-state index contributed by atoms with van der Waals surface area (Å²) in [6.07, 6.45) is 6.27. The van der Waals surface area contributed by atoms with Crippen LogP contribution >= 0.6 is 0 Å². The van der Waals surface area contributed by atoms with Gasteiger partial charge < -0.3 is 10.2 Å². The first-order valence-corrected chi connectivity index (χ1v) is 6.96. The Labute approximate surface area is 104 Å². The highest BCUT2D eigenvalue weighted by Crippen LogP contribution is 2.11. The highest BCUT2D eigenvalue weighted by molar-refractivity contribution is 5.78. The van der Waals surface area contributed by atoms with E-state index in [4.69, 9.17) is 0 Å². The normalized spacial score (nSPS) is 23.1. The van der Waals surface area contributed by atoms with E-state index in [0.717, 1.165) is 26.2 Å². The van der Waals surface area contributed by atoms with Gasteiger partial charge in [0.05, 0.1) is 6.54 Å². The summed E-state index contributed by atoms with van der Waals surface area (Å²) >= 11 is 0. The van der Waals surface area contributed by atoms with E-state index in [9.17, 15) is 4.79 Å². The van der Waals surface area contributed by atoms with Crippen LogP contribution in [0.5, 0.6) is 0 Å². The maximum absolute atomic E-state index is 12.2. The zero-order valence-electron chi connectivity index (χ0n) is 11.0. The summed E-state index contributed by atoms with van der Waals surface area (Å²) in [5.74, 6) is 0.321. The Hall–Kier alpha value is -0.610. The van der Waals surface area contributed by atoms with Gasteiger partial charge in [0.2, 0.25) is 5.91 Å². The molecule has 98 valence electrons. The second-order valence-electron chi connectivity index (χ2n) is 5.38. The highest BCUT2D eigenvalue weighted by Gasteiger charge is 2.24. The van der Waals surface area contributed by atoms with Crippen LogP contribution < -0.4 is 5.32 Å². The molecule has 2 saturated heterocycles. The fourth-order valence-corrected chi connectivity index (χ4v) is 2.52. The molecule has 0 aromatic carbocycles. The van der Waals surface area contributed by atoms with Gasteiger partial charge in [-0.3, -0.25) is 9.69 Å². The van der Waals surface area contributed by atoms with E-state index in [1.165, 1.54) is 32.1 Å². The lowest BCUT2D eigenvalue weighted by molar-refractivity contribution is -0.133. The van der Waals surface area contributed by atoms with Crippen molar-refractivity contribution in [3.8, 4) is 0 Å². The lowest BCUT2D eigenvalue weighted by atomic mass is 10.1. The molecular weight excluding hydrogens is 214 g/mol. The van der Waals surface area contributed by atoms with E-state index in [0.29, 0.717) is 18.5 Å². The van der Waals surface area contributed by atoms with Crippen LogP contribution in [0.1, 0.15) is 32.1 Å². The lowest BCUT2D eigenvalue weighted by Gasteiger charge is -2.36. The van der Waals surface area contributed by atoms with Gasteiger partial charge in [-0.2, -0.15) is 0 Å². The molecule has 2 aliphatic heterocycles. The van der Waals surface area contributed by atoms with Gasteiger partial charge in [0, 0.05) is 32.2 Å². The van der Waals surface area contributed by atoms with Crippen molar-refractivity contribution in [3.05, 3.63) is 0 Å². The Kier molecular flexibility index (Phi) is 4.80. The van der Waals surface area contributed by atoms with Crippen LogP contribution in [0.2, 0.25) is 0 Å². The fourth-order valence-electron chi connectivity index (χ4n) is 2.52. The van der Waals surface area contributed by atoms with E-state index in [-0.39, 0.29) is 0 Å². The number of likely N-dealkylation sites (tertiary alicyclic amines) is 1. The summed E-state index contributed by atoms with van der Waals surface area (Å²) in [7, 11) is 2.06. The molecular formula is C13H25N3O. The van der Waals surface area contributed by atoms with Crippen LogP contribution in [-0.4, -0.2) is 61.5 Å². The summed E-state index contributed by atoms with van der Waals surface area (Å²) in [6.45, 7) is 4.59. The molecule has 0 aromatic heterocycles. The maximum atomic E-state index is 12.2. The van der Waals surface area contributed by atoms with Crippen LogP contribution in [-0.2, 0) is 4.79 Å². The zero-order chi connectivity index (χ0) is 12.1. The number of carbonyl (C=O) groups excluding carboxylic acids is 1. The summed E-state index contributed by atoms with van der Waals surface area (Å²) in [4.78, 5) is 16.4. The third-order valence-corrected chi connectivity index (χ3v) is 3.98. The molecule has 0 saturated carbocycles. The first-order valence-electron chi connectivity index (χ1n) is 6.96. The predicted molar refractivity (Wildman–Crippen MR) is 69.0 cm³/mol. The predicted octanol–water partition coefficient (Wildman–Crippen LogP) is 0.683. The number of rotatable bonds is 3. The van der Waals surface area contributed by atoms with Crippen molar-refractivity contribution in [2.45, 2.75) is 38.1 Å². The van der Waals surface area contributed by atoms with Gasteiger partial charge in [0.25, 0.3) is 0 Å². The number of hydrogen-bond donors (Lipinski definition) is 1. The van der Waals surface area contributed by atoms with Crippen LogP contribution in [0.4, 0.5) is 0 Å². The van der Waals surface area contributed by atoms with Crippen molar-refractivity contribution < 1.29 is 4.79 Å². The Morgan fingerprint density at radius 2 is 1.76 bits per heavy atom. The van der Waals surface area contributed by atoms with Gasteiger partial charge in [-0.15, -0.1) is 0 Å². The van der Waals surface area contributed by atoms with E-state index in [1.54, 1.807) is 0 Å². The molecule has 0 atom stereocenters. The largest absolute Gasteiger partial charge is 0.342 e. The first kappa shape index (κ1) is 12.8. The van der Waals surface area contributed by atoms with Crippen LogP contribution in [0.3, 0.4) is 0 Å². The summed E-state index contributed by atoms with van der Waals surface area (Å²) in [5, 5.41) is 3.25. The average molecular weight is 239 g/mol. The molecule has 2 fully saturated rings. The summed E-state index contributed by atoms with van der Waals surface area (Å²) in [5.41, 5.74) is 0. The number of likely N-dealkylation sites (N-methyl/N-ethyl adjacent to an activating group) is 1. The standard InChI is InChI=1S/C13H25N3O/c1-15(12-9-14-10-12)11-13(17)16-7-5-3-2-4-6-8-16/h12,14H,2-11H2,1H3. The number of carbonyl (C=O) groups is 1. The van der Waals surface area contributed by atoms with Crippen LogP contribution in [0.25, 0.3) is 0 Å². The molecule has 0 radical (unpaired) electrons.